The van der Waals surface area contributed by atoms with Crippen LogP contribution in [-0.2, 0) is 19.1 Å². The van der Waals surface area contributed by atoms with Crippen molar-refractivity contribution in [2.24, 2.45) is 11.8 Å². The summed E-state index contributed by atoms with van der Waals surface area (Å²) in [5.74, 6) is 0.169. The number of ether oxygens (including phenoxy) is 2. The third-order valence-corrected chi connectivity index (χ3v) is 12.6. The van der Waals surface area contributed by atoms with E-state index in [1.54, 1.807) is 7.05 Å². The van der Waals surface area contributed by atoms with Crippen molar-refractivity contribution in [2.75, 3.05) is 57.1 Å². The highest BCUT2D eigenvalue weighted by atomic mass is 16.5. The van der Waals surface area contributed by atoms with Crippen LogP contribution in [0.1, 0.15) is 240 Å². The summed E-state index contributed by atoms with van der Waals surface area (Å²) in [6.07, 6.45) is 37.6. The Kier molecular flexibility index (Phi) is 37.4. The van der Waals surface area contributed by atoms with Crippen LogP contribution < -0.4 is 21.5 Å². The van der Waals surface area contributed by atoms with Crippen LogP contribution in [0.4, 0.5) is 11.4 Å². The van der Waals surface area contributed by atoms with E-state index in [4.69, 9.17) is 9.47 Å². The van der Waals surface area contributed by atoms with Crippen LogP contribution in [0.2, 0.25) is 0 Å². The molecule has 0 fully saturated rings. The van der Waals surface area contributed by atoms with Crippen molar-refractivity contribution in [3.63, 3.8) is 0 Å². The second-order valence-corrected chi connectivity index (χ2v) is 18.1. The fourth-order valence-corrected chi connectivity index (χ4v) is 8.55. The molecular weight excluding hydrogens is 763 g/mol. The van der Waals surface area contributed by atoms with Crippen molar-refractivity contribution in [1.82, 2.24) is 4.90 Å². The fraction of sp³-hybridized carbons (Fsp3) is 0.885. The molecule has 2 unspecified atom stereocenters. The van der Waals surface area contributed by atoms with E-state index in [0.717, 1.165) is 129 Å². The summed E-state index contributed by atoms with van der Waals surface area (Å²) >= 11 is 0. The number of unbranched alkanes of at least 4 members (excludes halogenated alkanes) is 22. The molecule has 0 aliphatic carbocycles. The molecule has 1 rings (SSSR count). The van der Waals surface area contributed by atoms with Crippen LogP contribution in [0.5, 0.6) is 0 Å². The molecule has 2 atom stereocenters. The lowest BCUT2D eigenvalue weighted by Crippen LogP contribution is -2.37. The van der Waals surface area contributed by atoms with Gasteiger partial charge in [-0.1, -0.05) is 182 Å². The second kappa shape index (κ2) is 40.4. The van der Waals surface area contributed by atoms with Gasteiger partial charge in [-0.15, -0.1) is 0 Å². The maximum absolute atomic E-state index is 13.1. The van der Waals surface area contributed by atoms with E-state index in [9.17, 15) is 19.2 Å². The zero-order valence-electron chi connectivity index (χ0n) is 40.6. The summed E-state index contributed by atoms with van der Waals surface area (Å²) in [5.41, 5.74) is -0.0742. The minimum atomic E-state index is -0.443. The minimum Gasteiger partial charge on any atom is -0.465 e. The molecule has 2 N–H and O–H groups in total. The summed E-state index contributed by atoms with van der Waals surface area (Å²) in [5, 5.41) is 6.02. The predicted molar refractivity (Wildman–Crippen MR) is 260 cm³/mol. The van der Waals surface area contributed by atoms with Gasteiger partial charge in [-0.3, -0.25) is 19.2 Å². The summed E-state index contributed by atoms with van der Waals surface area (Å²) in [6.45, 7) is 13.6. The Bertz CT molecular complexity index is 1190. The van der Waals surface area contributed by atoms with Gasteiger partial charge >= 0.3 is 11.9 Å². The highest BCUT2D eigenvalue weighted by Gasteiger charge is 2.21. The molecule has 0 bridgehead atoms. The molecule has 9 heteroatoms. The van der Waals surface area contributed by atoms with Gasteiger partial charge in [-0.25, -0.2) is 0 Å². The molecule has 0 saturated heterocycles. The van der Waals surface area contributed by atoms with E-state index in [1.165, 1.54) is 103 Å². The molecule has 9 nitrogen and oxygen atoms in total. The number of carbonyl (C=O) groups is 2. The van der Waals surface area contributed by atoms with E-state index in [-0.39, 0.29) is 23.8 Å². The van der Waals surface area contributed by atoms with E-state index in [1.807, 2.05) is 0 Å². The quantitative estimate of drug-likeness (QED) is 0.0376. The number of esters is 2. The number of hydrogen-bond acceptors (Lipinski definition) is 9. The molecule has 1 aromatic rings. The van der Waals surface area contributed by atoms with Crippen molar-refractivity contribution >= 4 is 23.3 Å². The lowest BCUT2D eigenvalue weighted by molar-refractivity contribution is -0.150. The maximum atomic E-state index is 13.1. The number of hydrogen-bond donors (Lipinski definition) is 2. The Hall–Kier alpha value is -2.42. The first-order chi connectivity index (χ1) is 29.8. The van der Waals surface area contributed by atoms with Gasteiger partial charge in [0, 0.05) is 13.6 Å². The highest BCUT2D eigenvalue weighted by Crippen LogP contribution is 2.22. The predicted octanol–water partition coefficient (Wildman–Crippen LogP) is 13.3. The summed E-state index contributed by atoms with van der Waals surface area (Å²) < 4.78 is 11.7. The fourth-order valence-electron chi connectivity index (χ4n) is 8.55. The molecule has 0 aliphatic heterocycles. The molecule has 0 saturated carbocycles. The highest BCUT2D eigenvalue weighted by molar-refractivity contribution is 5.74. The third kappa shape index (κ3) is 28.8. The van der Waals surface area contributed by atoms with Gasteiger partial charge in [0.2, 0.25) is 0 Å². The van der Waals surface area contributed by atoms with Crippen LogP contribution in [-0.4, -0.2) is 63.3 Å². The molecular formula is C52H97N3O6. The third-order valence-electron chi connectivity index (χ3n) is 12.6. The van der Waals surface area contributed by atoms with E-state index < -0.39 is 10.9 Å². The summed E-state index contributed by atoms with van der Waals surface area (Å²) in [4.78, 5) is 52.5. The van der Waals surface area contributed by atoms with Crippen molar-refractivity contribution in [3.05, 3.63) is 20.4 Å². The molecule has 0 radical (unpaired) electrons. The van der Waals surface area contributed by atoms with E-state index in [0.29, 0.717) is 31.1 Å². The zero-order valence-corrected chi connectivity index (χ0v) is 40.6. The monoisotopic (exact) mass is 860 g/mol. The number of nitrogens with one attached hydrogen (secondary N) is 2. The van der Waals surface area contributed by atoms with Crippen LogP contribution >= 0.6 is 0 Å². The van der Waals surface area contributed by atoms with E-state index in [2.05, 4.69) is 43.2 Å². The normalized spacial score (nSPS) is 12.6. The first kappa shape index (κ1) is 56.6. The molecule has 0 spiro atoms. The van der Waals surface area contributed by atoms with Gasteiger partial charge in [0.25, 0.3) is 10.9 Å². The lowest BCUT2D eigenvalue weighted by Gasteiger charge is -2.23. The minimum absolute atomic E-state index is 0.0269. The molecule has 0 amide bonds. The SMILES string of the molecule is CCCCCCCCC(CCCCCC)C(=O)OCCCCCCN(CCCCCCOC(=O)C(CCCCCC)CCCCCCCC)CCCNc1c(NC)c(=O)c1=O. The average Bonchev–Trinajstić information content (AvgIpc) is 3.26. The van der Waals surface area contributed by atoms with Crippen molar-refractivity contribution in [2.45, 2.75) is 240 Å². The van der Waals surface area contributed by atoms with Gasteiger partial charge in [-0.05, 0) is 77.4 Å². The first-order valence-electron chi connectivity index (χ1n) is 26.1. The molecule has 1 aromatic carbocycles. The topological polar surface area (TPSA) is 114 Å². The Labute approximate surface area is 375 Å². The Balaban J connectivity index is 2.50. The molecule has 0 aliphatic rings. The summed E-state index contributed by atoms with van der Waals surface area (Å²) in [6, 6.07) is 0. The van der Waals surface area contributed by atoms with Gasteiger partial charge in [0.15, 0.2) is 0 Å². The van der Waals surface area contributed by atoms with Gasteiger partial charge < -0.3 is 25.0 Å². The van der Waals surface area contributed by atoms with Gasteiger partial charge in [-0.2, -0.15) is 0 Å². The Morgan fingerprint density at radius 1 is 0.443 bits per heavy atom. The van der Waals surface area contributed by atoms with Crippen LogP contribution in [0, 0.1) is 11.8 Å². The lowest BCUT2D eigenvalue weighted by atomic mass is 9.94. The standard InChI is InChI=1S/C52H97N3O6/c1-6-10-14-18-20-28-37-45(35-26-16-12-8-3)51(58)60-43-32-24-22-30-40-55(42-34-39-54-48-47(53-5)49(56)50(48)57)41-31-23-25-33-44-61-52(59)46(36-27-17-13-9-4)38-29-21-19-15-11-7-2/h45-46,53-54H,6-44H2,1-5H3. The van der Waals surface area contributed by atoms with E-state index >= 15 is 0 Å². The largest absolute Gasteiger partial charge is 0.465 e. The van der Waals surface area contributed by atoms with Gasteiger partial charge in [0.05, 0.1) is 25.0 Å². The smallest absolute Gasteiger partial charge is 0.308 e. The first-order valence-corrected chi connectivity index (χ1v) is 26.1. The molecule has 61 heavy (non-hydrogen) atoms. The van der Waals surface area contributed by atoms with Gasteiger partial charge in [0.1, 0.15) is 11.4 Å². The van der Waals surface area contributed by atoms with Crippen LogP contribution in [0.15, 0.2) is 9.59 Å². The van der Waals surface area contributed by atoms with Crippen LogP contribution in [0.25, 0.3) is 0 Å². The Morgan fingerprint density at radius 3 is 1.18 bits per heavy atom. The van der Waals surface area contributed by atoms with Crippen molar-refractivity contribution < 1.29 is 19.1 Å². The average molecular weight is 860 g/mol. The second-order valence-electron chi connectivity index (χ2n) is 18.1. The maximum Gasteiger partial charge on any atom is 0.308 e. The van der Waals surface area contributed by atoms with Crippen LogP contribution in [0.3, 0.4) is 0 Å². The Morgan fingerprint density at radius 2 is 0.770 bits per heavy atom. The molecule has 0 aromatic heterocycles. The number of rotatable bonds is 46. The molecule has 356 valence electrons. The number of nitrogens with zero attached hydrogens (tertiary/aromatic N) is 1. The van der Waals surface area contributed by atoms with Crippen molar-refractivity contribution in [1.29, 1.82) is 0 Å². The van der Waals surface area contributed by atoms with Crippen molar-refractivity contribution in [3.8, 4) is 0 Å². The number of anilines is 2. The zero-order chi connectivity index (χ0) is 44.6. The number of carbonyl (C=O) groups excluding carboxylic acids is 2. The summed E-state index contributed by atoms with van der Waals surface area (Å²) in [7, 11) is 1.67. The molecule has 0 heterocycles.